The van der Waals surface area contributed by atoms with Gasteiger partial charge in [0.05, 0.1) is 5.69 Å². The van der Waals surface area contributed by atoms with Crippen LogP contribution in [0.4, 0.5) is 0 Å². The third-order valence-corrected chi connectivity index (χ3v) is 5.99. The molecule has 0 unspecified atom stereocenters. The molecule has 3 heterocycles. The summed E-state index contributed by atoms with van der Waals surface area (Å²) >= 11 is 0. The lowest BCUT2D eigenvalue weighted by molar-refractivity contribution is 0.371. The van der Waals surface area contributed by atoms with E-state index in [1.807, 2.05) is 24.4 Å². The van der Waals surface area contributed by atoms with Gasteiger partial charge in [0, 0.05) is 36.0 Å². The standard InChI is InChI=1S/C26H26N4/c1-18-10-12-20(13-11-18)26-29-24(25(30-26)23-9-5-6-16-27-23)21-14-15-22(28-17-21)19-7-3-2-4-8-19/h2-13,16,21-22,28H,14-15,17H2,1H3,(H,29,30)/t21-,22-/m1/s1. The van der Waals surface area contributed by atoms with Crippen molar-refractivity contribution in [2.75, 3.05) is 6.54 Å². The highest BCUT2D eigenvalue weighted by Gasteiger charge is 2.27. The maximum atomic E-state index is 4.99. The van der Waals surface area contributed by atoms with E-state index in [0.29, 0.717) is 12.0 Å². The van der Waals surface area contributed by atoms with Gasteiger partial charge in [0.1, 0.15) is 11.5 Å². The highest BCUT2D eigenvalue weighted by molar-refractivity contribution is 5.66. The van der Waals surface area contributed by atoms with Gasteiger partial charge in [-0.3, -0.25) is 4.98 Å². The number of H-pyrrole nitrogens is 1. The van der Waals surface area contributed by atoms with Gasteiger partial charge in [-0.1, -0.05) is 66.2 Å². The van der Waals surface area contributed by atoms with E-state index in [0.717, 1.165) is 42.2 Å². The number of piperidine rings is 1. The van der Waals surface area contributed by atoms with Crippen molar-refractivity contribution in [2.45, 2.75) is 31.7 Å². The molecule has 150 valence electrons. The molecule has 5 rings (SSSR count). The van der Waals surface area contributed by atoms with Crippen LogP contribution in [0.25, 0.3) is 22.8 Å². The van der Waals surface area contributed by atoms with Crippen LogP contribution in [0.15, 0.2) is 79.0 Å². The molecule has 1 fully saturated rings. The zero-order chi connectivity index (χ0) is 20.3. The molecule has 0 spiro atoms. The molecule has 2 aromatic heterocycles. The molecule has 0 saturated carbocycles. The summed E-state index contributed by atoms with van der Waals surface area (Å²) in [5.41, 5.74) is 6.80. The molecule has 0 bridgehead atoms. The van der Waals surface area contributed by atoms with Crippen LogP contribution in [0, 0.1) is 6.92 Å². The predicted molar refractivity (Wildman–Crippen MR) is 121 cm³/mol. The molecule has 0 radical (unpaired) electrons. The zero-order valence-corrected chi connectivity index (χ0v) is 17.2. The number of imidazole rings is 1. The molecule has 1 saturated heterocycles. The van der Waals surface area contributed by atoms with Crippen molar-refractivity contribution in [3.63, 3.8) is 0 Å². The average Bonchev–Trinajstić information content (AvgIpc) is 3.26. The summed E-state index contributed by atoms with van der Waals surface area (Å²) in [5.74, 6) is 1.30. The van der Waals surface area contributed by atoms with Gasteiger partial charge in [-0.2, -0.15) is 0 Å². The summed E-state index contributed by atoms with van der Waals surface area (Å²) < 4.78 is 0. The molecule has 4 aromatic rings. The van der Waals surface area contributed by atoms with E-state index in [4.69, 9.17) is 4.98 Å². The summed E-state index contributed by atoms with van der Waals surface area (Å²) in [4.78, 5) is 13.2. The second-order valence-electron chi connectivity index (χ2n) is 8.07. The first-order valence-corrected chi connectivity index (χ1v) is 10.6. The summed E-state index contributed by atoms with van der Waals surface area (Å²) in [5, 5.41) is 3.75. The van der Waals surface area contributed by atoms with E-state index in [9.17, 15) is 0 Å². The predicted octanol–water partition coefficient (Wildman–Crippen LogP) is 5.66. The van der Waals surface area contributed by atoms with Crippen LogP contribution in [-0.2, 0) is 0 Å². The number of nitrogens with zero attached hydrogens (tertiary/aromatic N) is 2. The highest BCUT2D eigenvalue weighted by Crippen LogP contribution is 2.36. The first-order valence-electron chi connectivity index (χ1n) is 10.6. The van der Waals surface area contributed by atoms with E-state index in [1.165, 1.54) is 16.8 Å². The van der Waals surface area contributed by atoms with E-state index in [1.54, 1.807) is 0 Å². The van der Waals surface area contributed by atoms with Crippen molar-refractivity contribution in [1.82, 2.24) is 20.3 Å². The van der Waals surface area contributed by atoms with E-state index in [-0.39, 0.29) is 0 Å². The minimum Gasteiger partial charge on any atom is -0.341 e. The van der Waals surface area contributed by atoms with Crippen molar-refractivity contribution < 1.29 is 0 Å². The van der Waals surface area contributed by atoms with Gasteiger partial charge >= 0.3 is 0 Å². The molecule has 4 heteroatoms. The van der Waals surface area contributed by atoms with Gasteiger partial charge < -0.3 is 10.3 Å². The lowest BCUT2D eigenvalue weighted by Crippen LogP contribution is -2.32. The number of aryl methyl sites for hydroxylation is 1. The van der Waals surface area contributed by atoms with Crippen LogP contribution in [0.1, 0.15) is 41.6 Å². The number of aromatic amines is 1. The Bertz CT molecular complexity index is 1090. The van der Waals surface area contributed by atoms with E-state index >= 15 is 0 Å². The lowest BCUT2D eigenvalue weighted by atomic mass is 9.88. The molecule has 2 aromatic carbocycles. The number of hydrogen-bond donors (Lipinski definition) is 2. The van der Waals surface area contributed by atoms with Crippen LogP contribution < -0.4 is 5.32 Å². The summed E-state index contributed by atoms with van der Waals surface area (Å²) in [6.07, 6.45) is 4.06. The summed E-state index contributed by atoms with van der Waals surface area (Å²) in [6, 6.07) is 25.7. The Morgan fingerprint density at radius 3 is 2.37 bits per heavy atom. The summed E-state index contributed by atoms with van der Waals surface area (Å²) in [6.45, 7) is 3.03. The number of nitrogens with one attached hydrogen (secondary N) is 2. The Hall–Kier alpha value is -3.24. The molecule has 30 heavy (non-hydrogen) atoms. The number of rotatable bonds is 4. The SMILES string of the molecule is Cc1ccc(-c2nc(-c3ccccn3)c([C@@H]3CC[C@H](c4ccccc4)NC3)[nH]2)cc1. The number of pyridine rings is 1. The molecule has 0 aliphatic carbocycles. The van der Waals surface area contributed by atoms with Crippen LogP contribution in [0.5, 0.6) is 0 Å². The Labute approximate surface area is 177 Å². The van der Waals surface area contributed by atoms with Gasteiger partial charge in [0.25, 0.3) is 0 Å². The molecule has 4 nitrogen and oxygen atoms in total. The Balaban J connectivity index is 1.46. The fourth-order valence-corrected chi connectivity index (χ4v) is 4.30. The topological polar surface area (TPSA) is 53.6 Å². The van der Waals surface area contributed by atoms with E-state index < -0.39 is 0 Å². The van der Waals surface area contributed by atoms with Crippen LogP contribution in [-0.4, -0.2) is 21.5 Å². The van der Waals surface area contributed by atoms with Crippen molar-refractivity contribution >= 4 is 0 Å². The van der Waals surface area contributed by atoms with Crippen molar-refractivity contribution in [1.29, 1.82) is 0 Å². The maximum absolute atomic E-state index is 4.99. The van der Waals surface area contributed by atoms with Gasteiger partial charge in [-0.05, 0) is 37.5 Å². The van der Waals surface area contributed by atoms with E-state index in [2.05, 4.69) is 76.8 Å². The zero-order valence-electron chi connectivity index (χ0n) is 17.2. The molecular weight excluding hydrogens is 368 g/mol. The fourth-order valence-electron chi connectivity index (χ4n) is 4.30. The van der Waals surface area contributed by atoms with Crippen LogP contribution in [0.3, 0.4) is 0 Å². The second-order valence-corrected chi connectivity index (χ2v) is 8.07. The highest BCUT2D eigenvalue weighted by atomic mass is 15.0. The first-order chi connectivity index (χ1) is 14.8. The van der Waals surface area contributed by atoms with Crippen molar-refractivity contribution in [2.24, 2.45) is 0 Å². The molecule has 1 aliphatic rings. The van der Waals surface area contributed by atoms with Crippen LogP contribution >= 0.6 is 0 Å². The van der Waals surface area contributed by atoms with Gasteiger partial charge in [-0.15, -0.1) is 0 Å². The minimum absolute atomic E-state index is 0.383. The first kappa shape index (κ1) is 18.8. The second kappa shape index (κ2) is 8.25. The van der Waals surface area contributed by atoms with Crippen LogP contribution in [0.2, 0.25) is 0 Å². The van der Waals surface area contributed by atoms with Crippen molar-refractivity contribution in [3.05, 3.63) is 95.8 Å². The summed E-state index contributed by atoms with van der Waals surface area (Å²) in [7, 11) is 0. The maximum Gasteiger partial charge on any atom is 0.138 e. The van der Waals surface area contributed by atoms with Gasteiger partial charge in [0.2, 0.25) is 0 Å². The third kappa shape index (κ3) is 3.79. The molecule has 2 N–H and O–H groups in total. The minimum atomic E-state index is 0.383. The average molecular weight is 395 g/mol. The molecular formula is C26H26N4. The number of benzene rings is 2. The monoisotopic (exact) mass is 394 g/mol. The quantitative estimate of drug-likeness (QED) is 0.470. The normalized spacial score (nSPS) is 19.0. The fraction of sp³-hybridized carbons (Fsp3) is 0.231. The molecule has 1 aliphatic heterocycles. The third-order valence-electron chi connectivity index (χ3n) is 5.99. The smallest absolute Gasteiger partial charge is 0.138 e. The Morgan fingerprint density at radius 1 is 0.867 bits per heavy atom. The van der Waals surface area contributed by atoms with Crippen molar-refractivity contribution in [3.8, 4) is 22.8 Å². The van der Waals surface area contributed by atoms with Gasteiger partial charge in [-0.25, -0.2) is 4.98 Å². The number of hydrogen-bond acceptors (Lipinski definition) is 3. The molecule has 0 amide bonds. The lowest BCUT2D eigenvalue weighted by Gasteiger charge is -2.30. The largest absolute Gasteiger partial charge is 0.341 e. The molecule has 2 atom stereocenters. The number of aromatic nitrogens is 3. The van der Waals surface area contributed by atoms with Gasteiger partial charge in [0.15, 0.2) is 0 Å². The Morgan fingerprint density at radius 2 is 1.67 bits per heavy atom. The Kier molecular flexibility index (Phi) is 5.16.